The lowest BCUT2D eigenvalue weighted by Gasteiger charge is -2.16. The Morgan fingerprint density at radius 1 is 1.32 bits per heavy atom. The summed E-state index contributed by atoms with van der Waals surface area (Å²) in [5.41, 5.74) is -0.193. The van der Waals surface area contributed by atoms with Crippen LogP contribution in [0.4, 0.5) is 17.5 Å². The Morgan fingerprint density at radius 3 is 2.93 bits per heavy atom. The van der Waals surface area contributed by atoms with Crippen molar-refractivity contribution in [1.29, 1.82) is 0 Å². The number of aliphatic hydroxyl groups is 1. The molecule has 0 bridgehead atoms. The van der Waals surface area contributed by atoms with Gasteiger partial charge in [-0.3, -0.25) is 9.78 Å². The van der Waals surface area contributed by atoms with Crippen LogP contribution in [-0.2, 0) is 11.3 Å². The Labute approximate surface area is 168 Å². The van der Waals surface area contributed by atoms with Crippen LogP contribution in [0.2, 0.25) is 0 Å². The molecule has 0 aliphatic carbocycles. The summed E-state index contributed by atoms with van der Waals surface area (Å²) in [4.78, 5) is 25.7. The van der Waals surface area contributed by atoms with E-state index in [1.807, 2.05) is 6.07 Å². The number of rotatable bonds is 6. The molecule has 3 aromatic heterocycles. The van der Waals surface area contributed by atoms with E-state index >= 15 is 0 Å². The van der Waals surface area contributed by atoms with E-state index in [1.54, 1.807) is 30.9 Å². The van der Waals surface area contributed by atoms with Crippen molar-refractivity contribution in [2.75, 3.05) is 30.5 Å². The third-order valence-electron chi connectivity index (χ3n) is 4.39. The minimum Gasteiger partial charge on any atom is -0.395 e. The lowest BCUT2D eigenvalue weighted by molar-refractivity contribution is 0.195. The quantitative estimate of drug-likeness (QED) is 0.564. The molecule has 10 heteroatoms. The van der Waals surface area contributed by atoms with Crippen molar-refractivity contribution in [2.24, 2.45) is 0 Å². The third-order valence-corrected chi connectivity index (χ3v) is 4.39. The molecule has 1 saturated heterocycles. The fraction of sp³-hybridized carbons (Fsp3) is 0.333. The second-order valence-corrected chi connectivity index (χ2v) is 6.28. The number of aliphatic hydroxyl groups excluding tert-OH is 1. The van der Waals surface area contributed by atoms with Gasteiger partial charge in [-0.2, -0.15) is 13.5 Å². The Kier molecular flexibility index (Phi) is 6.45. The maximum Gasteiger partial charge on any atom is 0.262 e. The van der Waals surface area contributed by atoms with E-state index in [0.29, 0.717) is 36.1 Å². The van der Waals surface area contributed by atoms with Crippen molar-refractivity contribution in [3.8, 4) is 0 Å². The van der Waals surface area contributed by atoms with Crippen LogP contribution in [-0.4, -0.2) is 50.5 Å². The predicted molar refractivity (Wildman–Crippen MR) is 112 cm³/mol. The molecule has 9 nitrogen and oxygen atoms in total. The maximum absolute atomic E-state index is 12.9. The summed E-state index contributed by atoms with van der Waals surface area (Å²) in [5, 5.41) is 16.9. The second-order valence-electron chi connectivity index (χ2n) is 6.28. The van der Waals surface area contributed by atoms with Gasteiger partial charge in [0.05, 0.1) is 30.8 Å². The normalized spacial score (nSPS) is 16.0. The van der Waals surface area contributed by atoms with E-state index in [9.17, 15) is 9.90 Å². The average Bonchev–Trinajstić information content (AvgIpc) is 3.18. The first-order chi connectivity index (χ1) is 13.2. The van der Waals surface area contributed by atoms with Crippen molar-refractivity contribution in [3.63, 3.8) is 0 Å². The predicted octanol–water partition coefficient (Wildman–Crippen LogP) is 1.24. The number of anilines is 3. The summed E-state index contributed by atoms with van der Waals surface area (Å²) in [5.74, 6) is 1.61. The van der Waals surface area contributed by atoms with E-state index < -0.39 is 0 Å². The summed E-state index contributed by atoms with van der Waals surface area (Å²) in [6, 6.07) is 3.73. The highest BCUT2D eigenvalue weighted by molar-refractivity contribution is 7.59. The van der Waals surface area contributed by atoms with E-state index in [0.717, 1.165) is 11.8 Å². The highest BCUT2D eigenvalue weighted by Crippen LogP contribution is 2.25. The topological polar surface area (TPSA) is 114 Å². The molecule has 1 aliphatic rings. The number of hydrogen-bond donors (Lipinski definition) is 3. The van der Waals surface area contributed by atoms with Crippen molar-refractivity contribution >= 4 is 41.7 Å². The first kappa shape index (κ1) is 20.1. The van der Waals surface area contributed by atoms with Crippen molar-refractivity contribution in [3.05, 3.63) is 47.3 Å². The van der Waals surface area contributed by atoms with E-state index in [-0.39, 0.29) is 38.2 Å². The van der Waals surface area contributed by atoms with Crippen molar-refractivity contribution < 1.29 is 9.84 Å². The number of fused-ring (bicyclic) bond motifs is 1. The van der Waals surface area contributed by atoms with E-state index in [4.69, 9.17) is 4.74 Å². The molecule has 0 radical (unpaired) electrons. The van der Waals surface area contributed by atoms with Gasteiger partial charge in [0.15, 0.2) is 0 Å². The molecule has 0 saturated carbocycles. The Morgan fingerprint density at radius 2 is 2.21 bits per heavy atom. The van der Waals surface area contributed by atoms with Gasteiger partial charge in [-0.25, -0.2) is 9.97 Å². The number of nitrogens with one attached hydrogen (secondary N) is 2. The van der Waals surface area contributed by atoms with Crippen LogP contribution in [0.1, 0.15) is 6.42 Å². The molecule has 0 unspecified atom stereocenters. The van der Waals surface area contributed by atoms with Gasteiger partial charge in [-0.05, 0) is 23.9 Å². The van der Waals surface area contributed by atoms with Crippen molar-refractivity contribution in [2.45, 2.75) is 19.0 Å². The van der Waals surface area contributed by atoms with Crippen molar-refractivity contribution in [1.82, 2.24) is 19.5 Å². The first-order valence-electron chi connectivity index (χ1n) is 8.77. The third kappa shape index (κ3) is 4.24. The molecule has 3 N–H and O–H groups in total. The number of hydrogen-bond acceptors (Lipinski definition) is 8. The van der Waals surface area contributed by atoms with Gasteiger partial charge in [0, 0.05) is 31.7 Å². The second kappa shape index (κ2) is 9.00. The smallest absolute Gasteiger partial charge is 0.262 e. The lowest BCUT2D eigenvalue weighted by atomic mass is 10.1. The number of nitrogens with zero attached hydrogens (tertiary/aromatic N) is 4. The molecule has 4 heterocycles. The molecule has 28 heavy (non-hydrogen) atoms. The molecule has 148 valence electrons. The van der Waals surface area contributed by atoms with Gasteiger partial charge < -0.3 is 25.0 Å². The SMILES string of the molecule is O=c1c2c(N[C@H]3CCOC3)nc(Nc3cnccn3)cc2ccn1CCO.S. The summed E-state index contributed by atoms with van der Waals surface area (Å²) in [6.07, 6.45) is 7.31. The molecule has 0 spiro atoms. The van der Waals surface area contributed by atoms with E-state index in [2.05, 4.69) is 25.6 Å². The van der Waals surface area contributed by atoms with Crippen LogP contribution < -0.4 is 16.2 Å². The Balaban J connectivity index is 0.00000225. The van der Waals surface area contributed by atoms with Crippen LogP contribution in [0.5, 0.6) is 0 Å². The number of ether oxygens (including phenoxy) is 1. The Hall–Kier alpha value is -2.69. The van der Waals surface area contributed by atoms with Gasteiger partial charge in [-0.15, -0.1) is 0 Å². The zero-order chi connectivity index (χ0) is 18.6. The van der Waals surface area contributed by atoms with Crippen LogP contribution in [0.25, 0.3) is 10.8 Å². The standard InChI is InChI=1S/C18H20N6O3.H2S/c25-7-6-24-5-1-12-9-14(22-15-10-19-3-4-20-15)23-17(16(12)18(24)26)21-13-2-8-27-11-13;/h1,3-5,9-10,13,25H,2,6-8,11H2,(H2,20,21,22,23);1H2/t13-;/m0./s1. The molecule has 0 amide bonds. The molecule has 1 fully saturated rings. The van der Waals surface area contributed by atoms with Crippen LogP contribution in [0, 0.1) is 0 Å². The largest absolute Gasteiger partial charge is 0.395 e. The molecule has 4 rings (SSSR count). The molecule has 1 atom stereocenters. The number of aromatic nitrogens is 4. The zero-order valence-electron chi connectivity index (χ0n) is 15.1. The van der Waals surface area contributed by atoms with Gasteiger partial charge in [0.2, 0.25) is 0 Å². The molecule has 0 aromatic carbocycles. The minimum atomic E-state index is -0.193. The van der Waals surface area contributed by atoms with Gasteiger partial charge in [0.25, 0.3) is 5.56 Å². The summed E-state index contributed by atoms with van der Waals surface area (Å²) in [6.45, 7) is 1.38. The molecular formula is C18H22N6O3S. The van der Waals surface area contributed by atoms with Crippen LogP contribution >= 0.6 is 13.5 Å². The summed E-state index contributed by atoms with van der Waals surface area (Å²) >= 11 is 0. The summed E-state index contributed by atoms with van der Waals surface area (Å²) in [7, 11) is 0. The molecule has 3 aromatic rings. The fourth-order valence-electron chi connectivity index (χ4n) is 3.09. The average molecular weight is 402 g/mol. The Bertz CT molecular complexity index is 992. The zero-order valence-corrected chi connectivity index (χ0v) is 16.1. The van der Waals surface area contributed by atoms with Crippen LogP contribution in [0.3, 0.4) is 0 Å². The maximum atomic E-state index is 12.9. The van der Waals surface area contributed by atoms with E-state index in [1.165, 1.54) is 4.57 Å². The molecule has 1 aliphatic heterocycles. The van der Waals surface area contributed by atoms with Crippen LogP contribution in [0.15, 0.2) is 41.7 Å². The van der Waals surface area contributed by atoms with Gasteiger partial charge >= 0.3 is 0 Å². The molecular weight excluding hydrogens is 380 g/mol. The highest BCUT2D eigenvalue weighted by Gasteiger charge is 2.19. The summed E-state index contributed by atoms with van der Waals surface area (Å²) < 4.78 is 6.90. The monoisotopic (exact) mass is 402 g/mol. The minimum absolute atomic E-state index is 0. The fourth-order valence-corrected chi connectivity index (χ4v) is 3.09. The lowest BCUT2D eigenvalue weighted by Crippen LogP contribution is -2.25. The highest BCUT2D eigenvalue weighted by atomic mass is 32.1. The van der Waals surface area contributed by atoms with Gasteiger partial charge in [0.1, 0.15) is 17.5 Å². The van der Waals surface area contributed by atoms with Gasteiger partial charge in [-0.1, -0.05) is 0 Å². The first-order valence-corrected chi connectivity index (χ1v) is 8.77. The number of pyridine rings is 2.